The molecule has 1 heterocycles. The largest absolute Gasteiger partial charge is 0.291 e. The number of rotatable bonds is 3. The van der Waals surface area contributed by atoms with Crippen molar-refractivity contribution in [3.8, 4) is 0 Å². The van der Waals surface area contributed by atoms with Crippen molar-refractivity contribution in [3.05, 3.63) is 17.5 Å². The first-order chi connectivity index (χ1) is 7.84. The van der Waals surface area contributed by atoms with Gasteiger partial charge in [-0.3, -0.25) is 9.89 Å². The zero-order valence-electron chi connectivity index (χ0n) is 11.1. The van der Waals surface area contributed by atoms with E-state index in [9.17, 15) is 4.79 Å². The van der Waals surface area contributed by atoms with Crippen LogP contribution >= 0.6 is 0 Å². The van der Waals surface area contributed by atoms with Crippen LogP contribution < -0.4 is 5.43 Å². The molecule has 0 radical (unpaired) electrons. The predicted molar refractivity (Wildman–Crippen MR) is 68.2 cm³/mol. The fourth-order valence-electron chi connectivity index (χ4n) is 1.10. The van der Waals surface area contributed by atoms with Crippen molar-refractivity contribution in [2.45, 2.75) is 46.5 Å². The van der Waals surface area contributed by atoms with E-state index in [1.807, 2.05) is 13.8 Å². The summed E-state index contributed by atoms with van der Waals surface area (Å²) in [7, 11) is 0. The molecule has 2 N–H and O–H groups in total. The summed E-state index contributed by atoms with van der Waals surface area (Å²) >= 11 is 0. The molecule has 0 saturated heterocycles. The lowest BCUT2D eigenvalue weighted by Crippen LogP contribution is -2.19. The molecule has 0 bridgehead atoms. The molecule has 0 spiro atoms. The summed E-state index contributed by atoms with van der Waals surface area (Å²) in [5.41, 5.74) is 4.61. The minimum atomic E-state index is -0.287. The first-order valence-corrected chi connectivity index (χ1v) is 5.74. The molecule has 0 aliphatic carbocycles. The van der Waals surface area contributed by atoms with Crippen LogP contribution in [0, 0.1) is 0 Å². The number of nitrogens with one attached hydrogen (secondary N) is 2. The molecular weight excluding hydrogens is 216 g/mol. The minimum Gasteiger partial charge on any atom is -0.281 e. The Morgan fingerprint density at radius 1 is 1.53 bits per heavy atom. The van der Waals surface area contributed by atoms with E-state index in [-0.39, 0.29) is 11.3 Å². The number of nitrogens with zero attached hydrogens (tertiary/aromatic N) is 2. The summed E-state index contributed by atoms with van der Waals surface area (Å²) in [6.45, 7) is 10.0. The van der Waals surface area contributed by atoms with Crippen LogP contribution in [0.4, 0.5) is 0 Å². The third kappa shape index (κ3) is 3.69. The molecular formula is C12H20N4O. The summed E-state index contributed by atoms with van der Waals surface area (Å²) in [6.07, 6.45) is 0.814. The molecule has 1 aromatic rings. The highest BCUT2D eigenvalue weighted by molar-refractivity contribution is 5.93. The monoisotopic (exact) mass is 236 g/mol. The van der Waals surface area contributed by atoms with E-state index in [2.05, 4.69) is 41.5 Å². The Morgan fingerprint density at radius 2 is 2.18 bits per heavy atom. The van der Waals surface area contributed by atoms with E-state index in [4.69, 9.17) is 0 Å². The van der Waals surface area contributed by atoms with Crippen molar-refractivity contribution in [2.24, 2.45) is 5.10 Å². The molecule has 0 aliphatic heterocycles. The van der Waals surface area contributed by atoms with Crippen LogP contribution in [-0.4, -0.2) is 21.8 Å². The molecule has 0 fully saturated rings. The van der Waals surface area contributed by atoms with E-state index in [1.54, 1.807) is 6.07 Å². The SMILES string of the molecule is CCC(C)=NNC(=O)c1cc(C(C)(C)C)[nH]n1. The maximum absolute atomic E-state index is 11.7. The quantitative estimate of drug-likeness (QED) is 0.624. The van der Waals surface area contributed by atoms with Gasteiger partial charge in [0.25, 0.3) is 5.91 Å². The van der Waals surface area contributed by atoms with Crippen molar-refractivity contribution in [3.63, 3.8) is 0 Å². The van der Waals surface area contributed by atoms with Gasteiger partial charge in [-0.25, -0.2) is 5.43 Å². The number of aromatic nitrogens is 2. The van der Waals surface area contributed by atoms with Gasteiger partial charge in [0, 0.05) is 16.8 Å². The van der Waals surface area contributed by atoms with Gasteiger partial charge in [-0.1, -0.05) is 27.7 Å². The lowest BCUT2D eigenvalue weighted by molar-refractivity contribution is 0.0949. The summed E-state index contributed by atoms with van der Waals surface area (Å²) in [5.74, 6) is -0.287. The fraction of sp³-hybridized carbons (Fsp3) is 0.583. The predicted octanol–water partition coefficient (Wildman–Crippen LogP) is 2.22. The molecule has 0 atom stereocenters. The third-order valence-corrected chi connectivity index (χ3v) is 2.48. The molecule has 5 heteroatoms. The number of carbonyl (C=O) groups is 1. The summed E-state index contributed by atoms with van der Waals surface area (Å²) in [4.78, 5) is 11.7. The second kappa shape index (κ2) is 5.12. The van der Waals surface area contributed by atoms with E-state index < -0.39 is 0 Å². The zero-order valence-corrected chi connectivity index (χ0v) is 11.1. The highest BCUT2D eigenvalue weighted by Crippen LogP contribution is 2.20. The van der Waals surface area contributed by atoms with Gasteiger partial charge in [0.15, 0.2) is 5.69 Å². The molecule has 1 rings (SSSR count). The average molecular weight is 236 g/mol. The van der Waals surface area contributed by atoms with Crippen molar-refractivity contribution >= 4 is 11.6 Å². The van der Waals surface area contributed by atoms with Crippen LogP contribution in [0.5, 0.6) is 0 Å². The Morgan fingerprint density at radius 3 is 2.65 bits per heavy atom. The summed E-state index contributed by atoms with van der Waals surface area (Å²) in [6, 6.07) is 1.76. The highest BCUT2D eigenvalue weighted by atomic mass is 16.2. The summed E-state index contributed by atoms with van der Waals surface area (Å²) in [5, 5.41) is 10.8. The van der Waals surface area contributed by atoms with E-state index >= 15 is 0 Å². The second-order valence-electron chi connectivity index (χ2n) is 5.06. The Labute approximate surface area is 102 Å². The van der Waals surface area contributed by atoms with Crippen LogP contribution in [0.2, 0.25) is 0 Å². The van der Waals surface area contributed by atoms with Crippen LogP contribution in [0.15, 0.2) is 11.2 Å². The van der Waals surface area contributed by atoms with Gasteiger partial charge in [0.2, 0.25) is 0 Å². The van der Waals surface area contributed by atoms with Gasteiger partial charge in [0.1, 0.15) is 0 Å². The molecule has 0 saturated carbocycles. The molecule has 1 amide bonds. The molecule has 17 heavy (non-hydrogen) atoms. The van der Waals surface area contributed by atoms with E-state index in [1.165, 1.54) is 0 Å². The van der Waals surface area contributed by atoms with Gasteiger partial charge in [-0.15, -0.1) is 0 Å². The third-order valence-electron chi connectivity index (χ3n) is 2.48. The normalized spacial score (nSPS) is 12.6. The van der Waals surface area contributed by atoms with Crippen LogP contribution in [-0.2, 0) is 5.41 Å². The van der Waals surface area contributed by atoms with Gasteiger partial charge < -0.3 is 0 Å². The van der Waals surface area contributed by atoms with Crippen molar-refractivity contribution < 1.29 is 4.79 Å². The standard InChI is InChI=1S/C12H20N4O/c1-6-8(2)13-16-11(17)9-7-10(15-14-9)12(3,4)5/h7H,6H2,1-5H3,(H,14,15)(H,16,17). The molecule has 1 aromatic heterocycles. The van der Waals surface area contributed by atoms with Crippen LogP contribution in [0.1, 0.15) is 57.2 Å². The number of H-pyrrole nitrogens is 1. The first-order valence-electron chi connectivity index (χ1n) is 5.74. The van der Waals surface area contributed by atoms with E-state index in [0.717, 1.165) is 17.8 Å². The molecule has 0 aliphatic rings. The lowest BCUT2D eigenvalue weighted by atomic mass is 9.92. The second-order valence-corrected chi connectivity index (χ2v) is 5.06. The Hall–Kier alpha value is -1.65. The topological polar surface area (TPSA) is 70.1 Å². The highest BCUT2D eigenvalue weighted by Gasteiger charge is 2.19. The molecule has 94 valence electrons. The molecule has 0 aromatic carbocycles. The Kier molecular flexibility index (Phi) is 4.04. The minimum absolute atomic E-state index is 0.0475. The maximum Gasteiger partial charge on any atom is 0.291 e. The number of carbonyl (C=O) groups excluding carboxylic acids is 1. The zero-order chi connectivity index (χ0) is 13.1. The number of hydrogen-bond donors (Lipinski definition) is 2. The lowest BCUT2D eigenvalue weighted by Gasteiger charge is -2.14. The van der Waals surface area contributed by atoms with Gasteiger partial charge in [-0.2, -0.15) is 10.2 Å². The van der Waals surface area contributed by atoms with Gasteiger partial charge >= 0.3 is 0 Å². The number of amides is 1. The fourth-order valence-corrected chi connectivity index (χ4v) is 1.10. The maximum atomic E-state index is 11.7. The van der Waals surface area contributed by atoms with Crippen LogP contribution in [0.3, 0.4) is 0 Å². The van der Waals surface area contributed by atoms with Crippen LogP contribution in [0.25, 0.3) is 0 Å². The van der Waals surface area contributed by atoms with Crippen molar-refractivity contribution in [2.75, 3.05) is 0 Å². The first kappa shape index (κ1) is 13.4. The number of hydrazone groups is 1. The van der Waals surface area contributed by atoms with Gasteiger partial charge in [-0.05, 0) is 19.4 Å². The van der Waals surface area contributed by atoms with Crippen molar-refractivity contribution in [1.29, 1.82) is 0 Å². The number of aromatic amines is 1. The van der Waals surface area contributed by atoms with Crippen molar-refractivity contribution in [1.82, 2.24) is 15.6 Å². The van der Waals surface area contributed by atoms with Gasteiger partial charge in [0.05, 0.1) is 0 Å². The van der Waals surface area contributed by atoms with E-state index in [0.29, 0.717) is 5.69 Å². The molecule has 5 nitrogen and oxygen atoms in total. The number of hydrogen-bond acceptors (Lipinski definition) is 3. The molecule has 0 unspecified atom stereocenters. The Balaban J connectivity index is 2.74. The Bertz CT molecular complexity index is 426. The summed E-state index contributed by atoms with van der Waals surface area (Å²) < 4.78 is 0. The average Bonchev–Trinajstić information content (AvgIpc) is 2.74. The smallest absolute Gasteiger partial charge is 0.281 e.